The molecular weight excluding hydrogens is 264 g/mol. The van der Waals surface area contributed by atoms with Gasteiger partial charge in [-0.05, 0) is 31.4 Å². The van der Waals surface area contributed by atoms with Crippen LogP contribution in [0.5, 0.6) is 0 Å². The quantitative estimate of drug-likeness (QED) is 0.816. The molecule has 0 atom stereocenters. The van der Waals surface area contributed by atoms with E-state index in [1.165, 1.54) is 5.52 Å². The molecule has 1 aromatic carbocycles. The summed E-state index contributed by atoms with van der Waals surface area (Å²) in [5, 5.41) is 6.18. The van der Waals surface area contributed by atoms with Crippen molar-refractivity contribution >= 4 is 16.9 Å². The lowest BCUT2D eigenvalue weighted by Gasteiger charge is -2.09. The standard InChI is InChI=1S/C16H22N4O/c1-2-9-20-14-6-4-3-5-13(14)19-15(20)10-17-11-16(21)18-12-7-8-12/h3-6,12,17H,2,7-11H2,1H3,(H,18,21). The molecule has 1 saturated carbocycles. The molecule has 0 unspecified atom stereocenters. The first-order valence-corrected chi connectivity index (χ1v) is 7.72. The monoisotopic (exact) mass is 286 g/mol. The summed E-state index contributed by atoms with van der Waals surface area (Å²) in [4.78, 5) is 16.3. The zero-order valence-corrected chi connectivity index (χ0v) is 12.4. The van der Waals surface area contributed by atoms with Gasteiger partial charge in [-0.15, -0.1) is 0 Å². The summed E-state index contributed by atoms with van der Waals surface area (Å²) in [5.41, 5.74) is 2.18. The van der Waals surface area contributed by atoms with Gasteiger partial charge in [0.05, 0.1) is 24.1 Å². The predicted molar refractivity (Wildman–Crippen MR) is 82.9 cm³/mol. The number of fused-ring (bicyclic) bond motifs is 1. The summed E-state index contributed by atoms with van der Waals surface area (Å²) in [5.74, 6) is 1.08. The van der Waals surface area contributed by atoms with E-state index in [-0.39, 0.29) is 5.91 Å². The molecule has 1 aromatic heterocycles. The lowest BCUT2D eigenvalue weighted by molar-refractivity contribution is -0.120. The molecule has 1 aliphatic rings. The Bertz CT molecular complexity index is 630. The Labute approximate surface area is 124 Å². The number of hydrogen-bond donors (Lipinski definition) is 2. The van der Waals surface area contributed by atoms with Crippen LogP contribution in [0.25, 0.3) is 11.0 Å². The lowest BCUT2D eigenvalue weighted by Crippen LogP contribution is -2.35. The van der Waals surface area contributed by atoms with Gasteiger partial charge in [0.15, 0.2) is 0 Å². The second-order valence-electron chi connectivity index (χ2n) is 5.61. The minimum absolute atomic E-state index is 0.0793. The molecule has 1 aliphatic carbocycles. The minimum Gasteiger partial charge on any atom is -0.352 e. The van der Waals surface area contributed by atoms with Crippen LogP contribution in [-0.2, 0) is 17.9 Å². The van der Waals surface area contributed by atoms with Crippen LogP contribution in [0.1, 0.15) is 32.0 Å². The third-order valence-electron chi connectivity index (χ3n) is 3.69. The van der Waals surface area contributed by atoms with Gasteiger partial charge in [-0.1, -0.05) is 19.1 Å². The van der Waals surface area contributed by atoms with Crippen LogP contribution >= 0.6 is 0 Å². The second-order valence-corrected chi connectivity index (χ2v) is 5.61. The van der Waals surface area contributed by atoms with E-state index < -0.39 is 0 Å². The first-order valence-electron chi connectivity index (χ1n) is 7.72. The van der Waals surface area contributed by atoms with Gasteiger partial charge in [-0.2, -0.15) is 0 Å². The first kappa shape index (κ1) is 14.1. The molecule has 5 nitrogen and oxygen atoms in total. The highest BCUT2D eigenvalue weighted by Crippen LogP contribution is 2.18. The Morgan fingerprint density at radius 2 is 2.19 bits per heavy atom. The molecule has 1 fully saturated rings. The van der Waals surface area contributed by atoms with Crippen LogP contribution in [0.3, 0.4) is 0 Å². The van der Waals surface area contributed by atoms with Gasteiger partial charge in [0.1, 0.15) is 5.82 Å². The van der Waals surface area contributed by atoms with E-state index in [0.29, 0.717) is 19.1 Å². The fourth-order valence-electron chi connectivity index (χ4n) is 2.53. The molecule has 0 aliphatic heterocycles. The number of nitrogens with one attached hydrogen (secondary N) is 2. The van der Waals surface area contributed by atoms with Crippen LogP contribution in [0.15, 0.2) is 24.3 Å². The van der Waals surface area contributed by atoms with Crippen molar-refractivity contribution in [2.75, 3.05) is 6.54 Å². The summed E-state index contributed by atoms with van der Waals surface area (Å²) >= 11 is 0. The highest BCUT2D eigenvalue weighted by Gasteiger charge is 2.22. The summed E-state index contributed by atoms with van der Waals surface area (Å²) in [6.07, 6.45) is 3.31. The van der Waals surface area contributed by atoms with Crippen molar-refractivity contribution in [3.05, 3.63) is 30.1 Å². The zero-order chi connectivity index (χ0) is 14.7. The number of imidazole rings is 1. The number of amides is 1. The van der Waals surface area contributed by atoms with Crippen LogP contribution < -0.4 is 10.6 Å². The van der Waals surface area contributed by atoms with Gasteiger partial charge in [0.2, 0.25) is 5.91 Å². The number of hydrogen-bond acceptors (Lipinski definition) is 3. The average molecular weight is 286 g/mol. The van der Waals surface area contributed by atoms with Gasteiger partial charge >= 0.3 is 0 Å². The van der Waals surface area contributed by atoms with Crippen molar-refractivity contribution in [1.29, 1.82) is 0 Å². The summed E-state index contributed by atoms with van der Waals surface area (Å²) in [7, 11) is 0. The van der Waals surface area contributed by atoms with Crippen molar-refractivity contribution in [2.45, 2.75) is 45.3 Å². The number of para-hydroxylation sites is 2. The van der Waals surface area contributed by atoms with Crippen molar-refractivity contribution in [2.24, 2.45) is 0 Å². The molecule has 0 spiro atoms. The minimum atomic E-state index is 0.0793. The Morgan fingerprint density at radius 1 is 1.38 bits per heavy atom. The SMILES string of the molecule is CCCn1c(CNCC(=O)NC2CC2)nc2ccccc21. The second kappa shape index (κ2) is 6.26. The van der Waals surface area contributed by atoms with Crippen LogP contribution in [-0.4, -0.2) is 28.0 Å². The fraction of sp³-hybridized carbons (Fsp3) is 0.500. The van der Waals surface area contributed by atoms with E-state index in [9.17, 15) is 4.79 Å². The highest BCUT2D eigenvalue weighted by molar-refractivity contribution is 5.78. The lowest BCUT2D eigenvalue weighted by atomic mass is 10.3. The Kier molecular flexibility index (Phi) is 4.20. The Balaban J connectivity index is 1.64. The van der Waals surface area contributed by atoms with E-state index in [4.69, 9.17) is 0 Å². The number of nitrogens with zero attached hydrogens (tertiary/aromatic N) is 2. The molecule has 0 radical (unpaired) electrons. The highest BCUT2D eigenvalue weighted by atomic mass is 16.2. The molecule has 2 aromatic rings. The van der Waals surface area contributed by atoms with Crippen LogP contribution in [0.4, 0.5) is 0 Å². The molecule has 0 saturated heterocycles. The average Bonchev–Trinajstić information content (AvgIpc) is 3.22. The van der Waals surface area contributed by atoms with Crippen LogP contribution in [0.2, 0.25) is 0 Å². The summed E-state index contributed by atoms with van der Waals surface area (Å²) < 4.78 is 2.24. The van der Waals surface area contributed by atoms with E-state index >= 15 is 0 Å². The zero-order valence-electron chi connectivity index (χ0n) is 12.4. The number of rotatable bonds is 7. The van der Waals surface area contributed by atoms with Crippen molar-refractivity contribution in [3.63, 3.8) is 0 Å². The molecule has 1 amide bonds. The third kappa shape index (κ3) is 3.42. The topological polar surface area (TPSA) is 59.0 Å². The Morgan fingerprint density at radius 3 is 2.95 bits per heavy atom. The number of carbonyl (C=O) groups is 1. The molecule has 0 bridgehead atoms. The predicted octanol–water partition coefficient (Wildman–Crippen LogP) is 1.81. The largest absolute Gasteiger partial charge is 0.352 e. The fourth-order valence-corrected chi connectivity index (χ4v) is 2.53. The number of aromatic nitrogens is 2. The van der Waals surface area contributed by atoms with Gasteiger partial charge in [-0.25, -0.2) is 4.98 Å². The molecule has 5 heteroatoms. The molecule has 112 valence electrons. The van der Waals surface area contributed by atoms with E-state index in [1.807, 2.05) is 18.2 Å². The van der Waals surface area contributed by atoms with Gasteiger partial charge in [0, 0.05) is 12.6 Å². The number of aryl methyl sites for hydroxylation is 1. The smallest absolute Gasteiger partial charge is 0.234 e. The maximum Gasteiger partial charge on any atom is 0.234 e. The first-order chi connectivity index (χ1) is 10.3. The summed E-state index contributed by atoms with van der Waals surface area (Å²) in [6.45, 7) is 4.08. The van der Waals surface area contributed by atoms with Gasteiger partial charge < -0.3 is 15.2 Å². The van der Waals surface area contributed by atoms with E-state index in [2.05, 4.69) is 33.2 Å². The van der Waals surface area contributed by atoms with Crippen molar-refractivity contribution < 1.29 is 4.79 Å². The molecular formula is C16H22N4O. The van der Waals surface area contributed by atoms with Crippen molar-refractivity contribution in [3.8, 4) is 0 Å². The van der Waals surface area contributed by atoms with Crippen molar-refractivity contribution in [1.82, 2.24) is 20.2 Å². The normalized spacial score (nSPS) is 14.5. The summed E-state index contributed by atoms with van der Waals surface area (Å²) in [6, 6.07) is 8.60. The van der Waals surface area contributed by atoms with Gasteiger partial charge in [-0.3, -0.25) is 4.79 Å². The Hall–Kier alpha value is -1.88. The molecule has 21 heavy (non-hydrogen) atoms. The number of carbonyl (C=O) groups excluding carboxylic acids is 1. The van der Waals surface area contributed by atoms with E-state index in [0.717, 1.165) is 37.1 Å². The van der Waals surface area contributed by atoms with Crippen LogP contribution in [0, 0.1) is 0 Å². The third-order valence-corrected chi connectivity index (χ3v) is 3.69. The van der Waals surface area contributed by atoms with Gasteiger partial charge in [0.25, 0.3) is 0 Å². The molecule has 2 N–H and O–H groups in total. The maximum absolute atomic E-state index is 11.7. The molecule has 3 rings (SSSR count). The molecule has 1 heterocycles. The number of benzene rings is 1. The van der Waals surface area contributed by atoms with E-state index in [1.54, 1.807) is 0 Å². The maximum atomic E-state index is 11.7.